The number of oxazole rings is 1. The zero-order chi connectivity index (χ0) is 16.4. The number of anilines is 1. The number of nitrogens with zero attached hydrogens (tertiary/aromatic N) is 1. The molecule has 1 aromatic heterocycles. The number of amides is 1. The molecule has 0 saturated carbocycles. The molecule has 1 N–H and O–H groups in total. The van der Waals surface area contributed by atoms with Gasteiger partial charge in [-0.15, -0.1) is 0 Å². The molecular weight excluding hydrogens is 322 g/mol. The quantitative estimate of drug-likeness (QED) is 0.726. The van der Waals surface area contributed by atoms with E-state index in [0.29, 0.717) is 22.4 Å². The molecule has 0 fully saturated rings. The third kappa shape index (κ3) is 3.50. The van der Waals surface area contributed by atoms with Crippen LogP contribution in [0.2, 0.25) is 0 Å². The normalized spacial score (nSPS) is 12.3. The standard InChI is InChI=1S/C16H12F2N2O2S/c1-9(15(21)19-12-7-6-10(17)8-11(12)18)23-16-20-13-4-2-3-5-14(13)22-16/h2-9H,1H3,(H,19,21). The van der Waals surface area contributed by atoms with E-state index in [0.717, 1.165) is 17.8 Å². The summed E-state index contributed by atoms with van der Waals surface area (Å²) >= 11 is 1.12. The second-order valence-electron chi connectivity index (χ2n) is 4.82. The molecule has 4 nitrogen and oxygen atoms in total. The predicted molar refractivity (Wildman–Crippen MR) is 84.3 cm³/mol. The van der Waals surface area contributed by atoms with Crippen molar-refractivity contribution in [2.75, 3.05) is 5.32 Å². The molecule has 7 heteroatoms. The highest BCUT2D eigenvalue weighted by Crippen LogP contribution is 2.27. The lowest BCUT2D eigenvalue weighted by Crippen LogP contribution is -2.23. The minimum atomic E-state index is -0.822. The van der Waals surface area contributed by atoms with Crippen LogP contribution in [0.5, 0.6) is 0 Å². The molecule has 0 spiro atoms. The number of nitrogens with one attached hydrogen (secondary N) is 1. The number of benzene rings is 2. The largest absolute Gasteiger partial charge is 0.431 e. The zero-order valence-corrected chi connectivity index (χ0v) is 12.9. The third-order valence-electron chi connectivity index (χ3n) is 3.11. The molecule has 118 valence electrons. The average Bonchev–Trinajstić information content (AvgIpc) is 2.92. The van der Waals surface area contributed by atoms with Gasteiger partial charge in [-0.1, -0.05) is 23.9 Å². The van der Waals surface area contributed by atoms with Crippen LogP contribution in [0.25, 0.3) is 11.1 Å². The summed E-state index contributed by atoms with van der Waals surface area (Å²) in [5, 5.41) is 2.21. The van der Waals surface area contributed by atoms with Gasteiger partial charge in [0.2, 0.25) is 5.91 Å². The fourth-order valence-corrected chi connectivity index (χ4v) is 2.69. The molecule has 23 heavy (non-hydrogen) atoms. The van der Waals surface area contributed by atoms with Gasteiger partial charge in [0.05, 0.1) is 10.9 Å². The summed E-state index contributed by atoms with van der Waals surface area (Å²) in [5.74, 6) is -1.95. The van der Waals surface area contributed by atoms with Crippen molar-refractivity contribution in [2.24, 2.45) is 0 Å². The fourth-order valence-electron chi connectivity index (χ4n) is 1.93. The van der Waals surface area contributed by atoms with Gasteiger partial charge >= 0.3 is 0 Å². The average molecular weight is 334 g/mol. The number of hydrogen-bond donors (Lipinski definition) is 1. The molecule has 0 aliphatic heterocycles. The molecule has 0 aliphatic carbocycles. The van der Waals surface area contributed by atoms with Crippen molar-refractivity contribution in [3.63, 3.8) is 0 Å². The van der Waals surface area contributed by atoms with Gasteiger partial charge in [0.15, 0.2) is 5.58 Å². The highest BCUT2D eigenvalue weighted by atomic mass is 32.2. The summed E-state index contributed by atoms with van der Waals surface area (Å²) in [4.78, 5) is 16.4. The highest BCUT2D eigenvalue weighted by Gasteiger charge is 2.19. The molecule has 1 atom stereocenters. The SMILES string of the molecule is CC(Sc1nc2ccccc2o1)C(=O)Nc1ccc(F)cc1F. The summed E-state index contributed by atoms with van der Waals surface area (Å²) in [6.45, 7) is 1.65. The van der Waals surface area contributed by atoms with Crippen LogP contribution in [0.3, 0.4) is 0 Å². The summed E-state index contributed by atoms with van der Waals surface area (Å²) in [5.41, 5.74) is 1.26. The first-order valence-corrected chi connectivity index (χ1v) is 7.69. The van der Waals surface area contributed by atoms with Crippen LogP contribution >= 0.6 is 11.8 Å². The lowest BCUT2D eigenvalue weighted by Gasteiger charge is -2.10. The van der Waals surface area contributed by atoms with Crippen LogP contribution in [0.4, 0.5) is 14.5 Å². The van der Waals surface area contributed by atoms with E-state index >= 15 is 0 Å². The minimum Gasteiger partial charge on any atom is -0.431 e. The van der Waals surface area contributed by atoms with Gasteiger partial charge in [0.1, 0.15) is 17.2 Å². The van der Waals surface area contributed by atoms with E-state index in [2.05, 4.69) is 10.3 Å². The number of fused-ring (bicyclic) bond motifs is 1. The van der Waals surface area contributed by atoms with Crippen molar-refractivity contribution in [3.05, 3.63) is 54.1 Å². The second-order valence-corrected chi connectivity index (χ2v) is 6.11. The van der Waals surface area contributed by atoms with E-state index in [-0.39, 0.29) is 5.69 Å². The zero-order valence-electron chi connectivity index (χ0n) is 12.0. The fraction of sp³-hybridized carbons (Fsp3) is 0.125. The molecule has 0 aliphatic rings. The van der Waals surface area contributed by atoms with E-state index in [9.17, 15) is 13.6 Å². The monoisotopic (exact) mass is 334 g/mol. The molecule has 2 aromatic carbocycles. The van der Waals surface area contributed by atoms with E-state index in [1.165, 1.54) is 6.07 Å². The number of aromatic nitrogens is 1. The Kier molecular flexibility index (Phi) is 4.29. The Balaban J connectivity index is 1.69. The molecule has 0 bridgehead atoms. The number of carbonyl (C=O) groups is 1. The van der Waals surface area contributed by atoms with E-state index in [1.807, 2.05) is 18.2 Å². The number of hydrogen-bond acceptors (Lipinski definition) is 4. The number of rotatable bonds is 4. The van der Waals surface area contributed by atoms with Crippen molar-refractivity contribution in [3.8, 4) is 0 Å². The lowest BCUT2D eigenvalue weighted by atomic mass is 10.3. The van der Waals surface area contributed by atoms with Crippen molar-refractivity contribution in [1.29, 1.82) is 0 Å². The van der Waals surface area contributed by atoms with Crippen LogP contribution in [0.15, 0.2) is 52.1 Å². The van der Waals surface area contributed by atoms with Crippen LogP contribution in [0, 0.1) is 11.6 Å². The molecule has 0 saturated heterocycles. The van der Waals surface area contributed by atoms with E-state index in [4.69, 9.17) is 4.42 Å². The number of carbonyl (C=O) groups excluding carboxylic acids is 1. The molecule has 0 radical (unpaired) electrons. The summed E-state index contributed by atoms with van der Waals surface area (Å²) in [7, 11) is 0. The van der Waals surface area contributed by atoms with Gasteiger partial charge in [0, 0.05) is 6.07 Å². The minimum absolute atomic E-state index is 0.0681. The molecule has 3 aromatic rings. The van der Waals surface area contributed by atoms with Gasteiger partial charge in [0.25, 0.3) is 5.22 Å². The topological polar surface area (TPSA) is 55.1 Å². The lowest BCUT2D eigenvalue weighted by molar-refractivity contribution is -0.115. The Bertz CT molecular complexity index is 833. The Hall–Kier alpha value is -2.41. The number of thioether (sulfide) groups is 1. The third-order valence-corrected chi connectivity index (χ3v) is 4.05. The summed E-state index contributed by atoms with van der Waals surface area (Å²) in [6, 6.07) is 10.2. The molecule has 1 unspecified atom stereocenters. The molecule has 1 heterocycles. The predicted octanol–water partition coefficient (Wildman–Crippen LogP) is 4.23. The van der Waals surface area contributed by atoms with Gasteiger partial charge in [-0.3, -0.25) is 4.79 Å². The maximum atomic E-state index is 13.5. The van der Waals surface area contributed by atoms with Crippen molar-refractivity contribution >= 4 is 34.5 Å². The summed E-state index contributed by atoms with van der Waals surface area (Å²) in [6.07, 6.45) is 0. The first kappa shape index (κ1) is 15.5. The van der Waals surface area contributed by atoms with Gasteiger partial charge in [-0.25, -0.2) is 13.8 Å². The van der Waals surface area contributed by atoms with Crippen LogP contribution in [-0.2, 0) is 4.79 Å². The smallest absolute Gasteiger partial charge is 0.257 e. The maximum Gasteiger partial charge on any atom is 0.257 e. The molecule has 3 rings (SSSR count). The Labute approximate surface area is 134 Å². The molecular formula is C16H12F2N2O2S. The van der Waals surface area contributed by atoms with Crippen LogP contribution < -0.4 is 5.32 Å². The number of halogens is 2. The molecule has 1 amide bonds. The van der Waals surface area contributed by atoms with Crippen molar-refractivity contribution in [1.82, 2.24) is 4.98 Å². The van der Waals surface area contributed by atoms with Gasteiger partial charge in [-0.2, -0.15) is 0 Å². The number of para-hydroxylation sites is 2. The first-order chi connectivity index (χ1) is 11.0. The Morgan fingerprint density at radius 2 is 2.04 bits per heavy atom. The van der Waals surface area contributed by atoms with Gasteiger partial charge < -0.3 is 9.73 Å². The van der Waals surface area contributed by atoms with Crippen molar-refractivity contribution in [2.45, 2.75) is 17.4 Å². The van der Waals surface area contributed by atoms with Gasteiger partial charge in [-0.05, 0) is 31.2 Å². The highest BCUT2D eigenvalue weighted by molar-refractivity contribution is 8.00. The summed E-state index contributed by atoms with van der Waals surface area (Å²) < 4.78 is 31.9. The van der Waals surface area contributed by atoms with E-state index in [1.54, 1.807) is 13.0 Å². The second kappa shape index (κ2) is 6.37. The Morgan fingerprint density at radius 3 is 2.78 bits per heavy atom. The Morgan fingerprint density at radius 1 is 1.26 bits per heavy atom. The van der Waals surface area contributed by atoms with Crippen LogP contribution in [0.1, 0.15) is 6.92 Å². The first-order valence-electron chi connectivity index (χ1n) is 6.81. The van der Waals surface area contributed by atoms with Crippen LogP contribution in [-0.4, -0.2) is 16.1 Å². The van der Waals surface area contributed by atoms with E-state index < -0.39 is 22.8 Å². The van der Waals surface area contributed by atoms with Crippen molar-refractivity contribution < 1.29 is 18.0 Å². The maximum absolute atomic E-state index is 13.5.